The first kappa shape index (κ1) is 15.0. The molecule has 2 heterocycles. The summed E-state index contributed by atoms with van der Waals surface area (Å²) in [5.74, 6) is 0.384. The smallest absolute Gasteiger partial charge is 0.268 e. The molecule has 1 unspecified atom stereocenters. The molecular weight excluding hydrogens is 256 g/mol. The molecule has 0 radical (unpaired) electrons. The van der Waals surface area contributed by atoms with Crippen LogP contribution in [0.1, 0.15) is 13.8 Å². The number of rotatable bonds is 6. The van der Waals surface area contributed by atoms with Gasteiger partial charge in [0, 0.05) is 25.7 Å². The van der Waals surface area contributed by atoms with Crippen molar-refractivity contribution < 1.29 is 4.74 Å². The Kier molecular flexibility index (Phi) is 5.55. The van der Waals surface area contributed by atoms with Crippen LogP contribution < -0.4 is 15.8 Å². The van der Waals surface area contributed by atoms with E-state index in [-0.39, 0.29) is 5.56 Å². The van der Waals surface area contributed by atoms with Gasteiger partial charge in [0.15, 0.2) is 0 Å². The molecule has 0 aliphatic carbocycles. The molecule has 1 aliphatic rings. The first-order valence-electron chi connectivity index (χ1n) is 7.31. The third-order valence-corrected chi connectivity index (χ3v) is 3.46. The van der Waals surface area contributed by atoms with Crippen LogP contribution in [0.25, 0.3) is 0 Å². The maximum Gasteiger partial charge on any atom is 0.268 e. The molecule has 1 atom stereocenters. The summed E-state index contributed by atoms with van der Waals surface area (Å²) >= 11 is 0. The van der Waals surface area contributed by atoms with E-state index < -0.39 is 0 Å². The van der Waals surface area contributed by atoms with Crippen LogP contribution >= 0.6 is 0 Å². The molecule has 1 fully saturated rings. The monoisotopic (exact) mass is 280 g/mol. The van der Waals surface area contributed by atoms with E-state index in [4.69, 9.17) is 4.74 Å². The first-order chi connectivity index (χ1) is 9.70. The van der Waals surface area contributed by atoms with Crippen molar-refractivity contribution in [2.24, 2.45) is 5.92 Å². The third kappa shape index (κ3) is 4.05. The van der Waals surface area contributed by atoms with Crippen LogP contribution in [-0.4, -0.2) is 49.2 Å². The summed E-state index contributed by atoms with van der Waals surface area (Å²) in [5.41, 5.74) is 0.867. The Morgan fingerprint density at radius 1 is 1.45 bits per heavy atom. The Hall–Kier alpha value is -1.40. The van der Waals surface area contributed by atoms with E-state index in [9.17, 15) is 4.79 Å². The normalized spacial score (nSPS) is 17.2. The van der Waals surface area contributed by atoms with Crippen molar-refractivity contribution in [2.75, 3.05) is 44.3 Å². The van der Waals surface area contributed by atoms with Crippen LogP contribution in [0.2, 0.25) is 0 Å². The molecule has 1 aromatic heterocycles. The second kappa shape index (κ2) is 7.40. The lowest BCUT2D eigenvalue weighted by Gasteiger charge is -2.28. The van der Waals surface area contributed by atoms with Crippen LogP contribution in [0.3, 0.4) is 0 Å². The van der Waals surface area contributed by atoms with Gasteiger partial charge in [0.1, 0.15) is 0 Å². The van der Waals surface area contributed by atoms with Crippen molar-refractivity contribution in [3.8, 4) is 0 Å². The minimum Gasteiger partial charge on any atom is -0.378 e. The van der Waals surface area contributed by atoms with E-state index >= 15 is 0 Å². The lowest BCUT2D eigenvalue weighted by atomic mass is 10.2. The van der Waals surface area contributed by atoms with E-state index in [1.54, 1.807) is 16.9 Å². The fourth-order valence-electron chi connectivity index (χ4n) is 2.31. The number of hydrogen-bond donors (Lipinski definition) is 1. The minimum absolute atomic E-state index is 0.0302. The minimum atomic E-state index is -0.0302. The Morgan fingerprint density at radius 2 is 2.20 bits per heavy atom. The van der Waals surface area contributed by atoms with E-state index in [2.05, 4.69) is 29.2 Å². The number of aromatic nitrogens is 2. The Bertz CT molecular complexity index is 468. The number of nitrogens with zero attached hydrogens (tertiary/aromatic N) is 3. The van der Waals surface area contributed by atoms with Crippen LogP contribution in [0.5, 0.6) is 0 Å². The van der Waals surface area contributed by atoms with Crippen LogP contribution in [-0.2, 0) is 11.3 Å². The van der Waals surface area contributed by atoms with Crippen molar-refractivity contribution in [3.63, 3.8) is 0 Å². The number of morpholine rings is 1. The molecule has 112 valence electrons. The van der Waals surface area contributed by atoms with Crippen molar-refractivity contribution in [1.82, 2.24) is 15.1 Å². The quantitative estimate of drug-likeness (QED) is 0.813. The third-order valence-electron chi connectivity index (χ3n) is 3.46. The van der Waals surface area contributed by atoms with E-state index in [0.717, 1.165) is 31.9 Å². The highest BCUT2D eigenvalue weighted by Gasteiger charge is 2.13. The Labute approximate surface area is 119 Å². The van der Waals surface area contributed by atoms with Gasteiger partial charge in [-0.1, -0.05) is 13.8 Å². The second-order valence-electron chi connectivity index (χ2n) is 5.25. The summed E-state index contributed by atoms with van der Waals surface area (Å²) in [7, 11) is 0. The molecule has 6 nitrogen and oxygen atoms in total. The van der Waals surface area contributed by atoms with Crippen molar-refractivity contribution >= 4 is 5.69 Å². The van der Waals surface area contributed by atoms with Crippen molar-refractivity contribution in [2.45, 2.75) is 20.4 Å². The molecule has 1 saturated heterocycles. The van der Waals surface area contributed by atoms with E-state index in [1.165, 1.54) is 0 Å². The largest absolute Gasteiger partial charge is 0.378 e. The first-order valence-corrected chi connectivity index (χ1v) is 7.31. The molecule has 0 spiro atoms. The number of nitrogens with one attached hydrogen (secondary N) is 1. The Balaban J connectivity index is 2.00. The highest BCUT2D eigenvalue weighted by Crippen LogP contribution is 2.11. The van der Waals surface area contributed by atoms with Crippen LogP contribution in [0.4, 0.5) is 5.69 Å². The molecule has 1 aliphatic heterocycles. The summed E-state index contributed by atoms with van der Waals surface area (Å²) in [5, 5.41) is 7.58. The average Bonchev–Trinajstić information content (AvgIpc) is 2.48. The van der Waals surface area contributed by atoms with Gasteiger partial charge in [-0.05, 0) is 19.0 Å². The second-order valence-corrected chi connectivity index (χ2v) is 5.25. The molecule has 1 N–H and O–H groups in total. The zero-order valence-electron chi connectivity index (χ0n) is 12.3. The van der Waals surface area contributed by atoms with E-state index in [1.807, 2.05) is 0 Å². The molecule has 2 rings (SSSR count). The predicted octanol–water partition coefficient (Wildman–Crippen LogP) is 0.326. The summed E-state index contributed by atoms with van der Waals surface area (Å²) in [6, 6.07) is 1.68. The van der Waals surface area contributed by atoms with Crippen molar-refractivity contribution in [1.29, 1.82) is 0 Å². The van der Waals surface area contributed by atoms with E-state index in [0.29, 0.717) is 25.7 Å². The van der Waals surface area contributed by atoms with Crippen LogP contribution in [0.15, 0.2) is 17.1 Å². The zero-order chi connectivity index (χ0) is 14.4. The molecule has 0 saturated carbocycles. The Morgan fingerprint density at radius 3 is 2.85 bits per heavy atom. The number of hydrogen-bond acceptors (Lipinski definition) is 5. The molecule has 0 amide bonds. The van der Waals surface area contributed by atoms with Gasteiger partial charge in [0.2, 0.25) is 0 Å². The fraction of sp³-hybridized carbons (Fsp3) is 0.714. The van der Waals surface area contributed by atoms with Gasteiger partial charge >= 0.3 is 0 Å². The molecule has 6 heteroatoms. The maximum absolute atomic E-state index is 12.1. The number of ether oxygens (including phenoxy) is 1. The van der Waals surface area contributed by atoms with Crippen LogP contribution in [0, 0.1) is 5.92 Å². The van der Waals surface area contributed by atoms with Crippen molar-refractivity contribution in [3.05, 3.63) is 22.6 Å². The molecular formula is C14H24N4O2. The van der Waals surface area contributed by atoms with Gasteiger partial charge in [-0.15, -0.1) is 0 Å². The molecule has 0 bridgehead atoms. The molecule has 20 heavy (non-hydrogen) atoms. The van der Waals surface area contributed by atoms with Gasteiger partial charge < -0.3 is 15.0 Å². The zero-order valence-corrected chi connectivity index (χ0v) is 12.3. The van der Waals surface area contributed by atoms with Gasteiger partial charge in [0.25, 0.3) is 5.56 Å². The predicted molar refractivity (Wildman–Crippen MR) is 79.2 cm³/mol. The molecule has 0 aromatic carbocycles. The lowest BCUT2D eigenvalue weighted by molar-refractivity contribution is 0.122. The fourth-order valence-corrected chi connectivity index (χ4v) is 2.31. The van der Waals surface area contributed by atoms with Gasteiger partial charge in [0.05, 0.1) is 25.1 Å². The number of anilines is 1. The molecule has 1 aromatic rings. The van der Waals surface area contributed by atoms with Gasteiger partial charge in [-0.3, -0.25) is 4.79 Å². The SMILES string of the molecule is CCNCC(C)Cn1ncc(N2CCOCC2)cc1=O. The maximum atomic E-state index is 12.1. The summed E-state index contributed by atoms with van der Waals surface area (Å²) in [4.78, 5) is 14.3. The average molecular weight is 280 g/mol. The summed E-state index contributed by atoms with van der Waals surface area (Å²) < 4.78 is 6.86. The van der Waals surface area contributed by atoms with Gasteiger partial charge in [-0.25, -0.2) is 4.68 Å². The van der Waals surface area contributed by atoms with Gasteiger partial charge in [-0.2, -0.15) is 5.10 Å². The topological polar surface area (TPSA) is 59.4 Å². The summed E-state index contributed by atoms with van der Waals surface area (Å²) in [6.07, 6.45) is 1.78. The summed E-state index contributed by atoms with van der Waals surface area (Å²) in [6.45, 7) is 9.75. The highest BCUT2D eigenvalue weighted by molar-refractivity contribution is 5.43. The highest BCUT2D eigenvalue weighted by atomic mass is 16.5. The lowest BCUT2D eigenvalue weighted by Crippen LogP contribution is -2.38. The standard InChI is InChI=1S/C14H24N4O2/c1-3-15-9-12(2)11-18-14(19)8-13(10-16-18)17-4-6-20-7-5-17/h8,10,12,15H,3-7,9,11H2,1-2H3.